The Morgan fingerprint density at radius 3 is 2.52 bits per heavy atom. The van der Waals surface area contributed by atoms with Gasteiger partial charge in [0.1, 0.15) is 5.75 Å². The van der Waals surface area contributed by atoms with E-state index in [1.807, 2.05) is 0 Å². The van der Waals surface area contributed by atoms with Gasteiger partial charge in [-0.15, -0.1) is 0 Å². The smallest absolute Gasteiger partial charge is 0.419 e. The van der Waals surface area contributed by atoms with Crippen LogP contribution in [0.4, 0.5) is 24.8 Å². The van der Waals surface area contributed by atoms with Crippen LogP contribution in [0.1, 0.15) is 52.9 Å². The molecular formula is C26H36F3N5O5S. The quantitative estimate of drug-likeness (QED) is 0.380. The van der Waals surface area contributed by atoms with Gasteiger partial charge >= 0.3 is 6.18 Å². The summed E-state index contributed by atoms with van der Waals surface area (Å²) in [5.74, 6) is -0.477. The molecule has 10 nitrogen and oxygen atoms in total. The van der Waals surface area contributed by atoms with Gasteiger partial charge in [0.25, 0.3) is 5.91 Å². The summed E-state index contributed by atoms with van der Waals surface area (Å²) in [7, 11) is 0.869. The van der Waals surface area contributed by atoms with Crippen LogP contribution in [-0.2, 0) is 27.4 Å². The van der Waals surface area contributed by atoms with Crippen LogP contribution in [0.25, 0.3) is 0 Å². The van der Waals surface area contributed by atoms with Gasteiger partial charge < -0.3 is 20.1 Å². The van der Waals surface area contributed by atoms with Crippen molar-refractivity contribution < 1.29 is 35.9 Å². The van der Waals surface area contributed by atoms with Gasteiger partial charge in [-0.3, -0.25) is 4.79 Å². The van der Waals surface area contributed by atoms with E-state index in [0.29, 0.717) is 42.8 Å². The van der Waals surface area contributed by atoms with E-state index in [9.17, 15) is 26.4 Å². The maximum Gasteiger partial charge on any atom is 0.419 e. The van der Waals surface area contributed by atoms with Gasteiger partial charge in [-0.1, -0.05) is 12.8 Å². The molecule has 0 saturated heterocycles. The molecule has 1 aliphatic rings. The second-order valence-corrected chi connectivity index (χ2v) is 11.9. The molecule has 0 spiro atoms. The van der Waals surface area contributed by atoms with Gasteiger partial charge in [0.2, 0.25) is 16.0 Å². The summed E-state index contributed by atoms with van der Waals surface area (Å²) in [4.78, 5) is 20.7. The van der Waals surface area contributed by atoms with Crippen LogP contribution in [0.3, 0.4) is 0 Å². The number of aromatic nitrogens is 2. The highest BCUT2D eigenvalue weighted by Crippen LogP contribution is 2.37. The Kier molecular flexibility index (Phi) is 10.4. The number of carbonyl (C=O) groups excluding carboxylic acids is 1. The average molecular weight is 588 g/mol. The van der Waals surface area contributed by atoms with E-state index in [2.05, 4.69) is 20.6 Å². The molecule has 2 N–H and O–H groups in total. The predicted molar refractivity (Wildman–Crippen MR) is 144 cm³/mol. The molecule has 222 valence electrons. The maximum absolute atomic E-state index is 13.9. The van der Waals surface area contributed by atoms with Crippen molar-refractivity contribution >= 4 is 27.6 Å². The van der Waals surface area contributed by atoms with Crippen molar-refractivity contribution in [1.82, 2.24) is 19.6 Å². The summed E-state index contributed by atoms with van der Waals surface area (Å²) in [6.45, 7) is 2.39. The zero-order chi connectivity index (χ0) is 29.7. The fourth-order valence-electron chi connectivity index (χ4n) is 4.95. The fourth-order valence-corrected chi connectivity index (χ4v) is 5.72. The van der Waals surface area contributed by atoms with Gasteiger partial charge in [-0.2, -0.15) is 13.2 Å². The fraction of sp³-hybridized carbons (Fsp3) is 0.577. The number of halogens is 3. The highest BCUT2D eigenvalue weighted by molar-refractivity contribution is 7.88. The SMILES string of the molecule is COCCNC(=O)c1cc(OC)c(Nc2ncc(C(F)(F)F)c(C[C@@H]3CCCC[C@H]3N(C)S(C)(=O)=O)n2)cc1C. The van der Waals surface area contributed by atoms with E-state index in [1.54, 1.807) is 13.0 Å². The normalized spacial score (nSPS) is 18.0. The monoisotopic (exact) mass is 587 g/mol. The third-order valence-electron chi connectivity index (χ3n) is 7.12. The van der Waals surface area contributed by atoms with Gasteiger partial charge in [0.05, 0.1) is 36.9 Å². The first kappa shape index (κ1) is 31.6. The number of hydrogen-bond acceptors (Lipinski definition) is 8. The highest BCUT2D eigenvalue weighted by atomic mass is 32.2. The van der Waals surface area contributed by atoms with Crippen molar-refractivity contribution in [3.8, 4) is 5.75 Å². The largest absolute Gasteiger partial charge is 0.495 e. The number of hydrogen-bond donors (Lipinski definition) is 2. The molecule has 1 amide bonds. The Morgan fingerprint density at radius 1 is 1.20 bits per heavy atom. The minimum absolute atomic E-state index is 0.0622. The minimum atomic E-state index is -4.69. The van der Waals surface area contributed by atoms with Crippen LogP contribution in [0.2, 0.25) is 0 Å². The van der Waals surface area contributed by atoms with E-state index in [0.717, 1.165) is 25.3 Å². The molecule has 0 bridgehead atoms. The van der Waals surface area contributed by atoms with Gasteiger partial charge in [-0.25, -0.2) is 22.7 Å². The lowest BCUT2D eigenvalue weighted by molar-refractivity contribution is -0.138. The summed E-state index contributed by atoms with van der Waals surface area (Å²) in [6.07, 6.45) is -0.194. The lowest BCUT2D eigenvalue weighted by Gasteiger charge is -2.37. The average Bonchev–Trinajstić information content (AvgIpc) is 2.87. The van der Waals surface area contributed by atoms with Crippen LogP contribution < -0.4 is 15.4 Å². The molecule has 1 heterocycles. The van der Waals surface area contributed by atoms with Crippen molar-refractivity contribution in [3.63, 3.8) is 0 Å². The molecule has 1 aromatic carbocycles. The molecule has 1 saturated carbocycles. The van der Waals surface area contributed by atoms with Crippen LogP contribution in [-0.4, -0.2) is 75.3 Å². The lowest BCUT2D eigenvalue weighted by Crippen LogP contribution is -2.44. The number of benzene rings is 1. The van der Waals surface area contributed by atoms with Crippen molar-refractivity contribution in [3.05, 3.63) is 40.7 Å². The molecule has 0 aliphatic heterocycles. The number of rotatable bonds is 11. The Labute approximate surface area is 232 Å². The highest BCUT2D eigenvalue weighted by Gasteiger charge is 2.38. The number of amides is 1. The van der Waals surface area contributed by atoms with E-state index in [1.165, 1.54) is 31.6 Å². The number of anilines is 2. The molecule has 2 atom stereocenters. The summed E-state index contributed by atoms with van der Waals surface area (Å²) in [5, 5.41) is 5.66. The van der Waals surface area contributed by atoms with Crippen LogP contribution in [0.5, 0.6) is 5.75 Å². The third-order valence-corrected chi connectivity index (χ3v) is 8.43. The zero-order valence-electron chi connectivity index (χ0n) is 23.3. The topological polar surface area (TPSA) is 123 Å². The molecule has 40 heavy (non-hydrogen) atoms. The zero-order valence-corrected chi connectivity index (χ0v) is 24.1. The van der Waals surface area contributed by atoms with E-state index >= 15 is 0 Å². The lowest BCUT2D eigenvalue weighted by atomic mass is 9.81. The first-order valence-corrected chi connectivity index (χ1v) is 14.7. The number of alkyl halides is 3. The molecule has 1 aromatic heterocycles. The standard InChI is InChI=1S/C26H36F3N5O5S/c1-16-12-21(23(39-4)14-18(16)24(35)30-10-11-38-3)33-25-31-15-19(26(27,28)29)20(32-25)13-17-8-6-7-9-22(17)34(2)40(5,36)37/h12,14-15,17,22H,6-11,13H2,1-5H3,(H,30,35)(H,31,32,33)/t17-,22+/m0/s1. The molecule has 2 aromatic rings. The van der Waals surface area contributed by atoms with Gasteiger partial charge in [-0.05, 0) is 49.8 Å². The molecule has 1 aliphatic carbocycles. The van der Waals surface area contributed by atoms with Crippen molar-refractivity contribution in [2.75, 3.05) is 46.0 Å². The van der Waals surface area contributed by atoms with Crippen LogP contribution in [0.15, 0.2) is 18.3 Å². The van der Waals surface area contributed by atoms with Crippen molar-refractivity contribution in [2.24, 2.45) is 5.92 Å². The van der Waals surface area contributed by atoms with E-state index in [4.69, 9.17) is 9.47 Å². The Bertz CT molecular complexity index is 1310. The van der Waals surface area contributed by atoms with Gasteiger partial charge in [0.15, 0.2) is 0 Å². The third kappa shape index (κ3) is 7.82. The molecule has 3 rings (SSSR count). The number of nitrogens with one attached hydrogen (secondary N) is 2. The van der Waals surface area contributed by atoms with E-state index in [-0.39, 0.29) is 35.6 Å². The number of aryl methyl sites for hydroxylation is 1. The van der Waals surface area contributed by atoms with Gasteiger partial charge in [0, 0.05) is 38.5 Å². The number of ether oxygens (including phenoxy) is 2. The minimum Gasteiger partial charge on any atom is -0.495 e. The first-order valence-electron chi connectivity index (χ1n) is 12.8. The molecule has 0 radical (unpaired) electrons. The summed E-state index contributed by atoms with van der Waals surface area (Å²) >= 11 is 0. The van der Waals surface area contributed by atoms with E-state index < -0.39 is 27.8 Å². The van der Waals surface area contributed by atoms with Crippen molar-refractivity contribution in [1.29, 1.82) is 0 Å². The van der Waals surface area contributed by atoms with Crippen molar-refractivity contribution in [2.45, 2.75) is 51.2 Å². The molecular weight excluding hydrogens is 551 g/mol. The second kappa shape index (κ2) is 13.1. The van der Waals surface area contributed by atoms with Crippen LogP contribution >= 0.6 is 0 Å². The summed E-state index contributed by atoms with van der Waals surface area (Å²) in [6, 6.07) is 2.73. The molecule has 1 fully saturated rings. The maximum atomic E-state index is 13.9. The number of sulfonamides is 1. The number of methoxy groups -OCH3 is 2. The predicted octanol–water partition coefficient (Wildman–Crippen LogP) is 3.92. The molecule has 14 heteroatoms. The molecule has 0 unspecified atom stereocenters. The Hall–Kier alpha value is -2.97. The number of carbonyl (C=O) groups is 1. The first-order chi connectivity index (χ1) is 18.8. The number of nitrogens with zero attached hydrogens (tertiary/aromatic N) is 3. The Morgan fingerprint density at radius 2 is 1.90 bits per heavy atom. The summed E-state index contributed by atoms with van der Waals surface area (Å²) < 4.78 is 77.8. The van der Waals surface area contributed by atoms with Crippen LogP contribution in [0, 0.1) is 12.8 Å². The summed E-state index contributed by atoms with van der Waals surface area (Å²) in [5.41, 5.74) is 0.154. The second-order valence-electron chi connectivity index (χ2n) is 9.89. The Balaban J connectivity index is 1.93.